The summed E-state index contributed by atoms with van der Waals surface area (Å²) in [5.41, 5.74) is -1.06. The highest BCUT2D eigenvalue weighted by Gasteiger charge is 2.35. The van der Waals surface area contributed by atoms with Crippen molar-refractivity contribution < 1.29 is 9.13 Å². The van der Waals surface area contributed by atoms with Crippen molar-refractivity contribution in [2.24, 2.45) is 0 Å². The van der Waals surface area contributed by atoms with E-state index in [0.717, 1.165) is 6.42 Å². The molecule has 1 rings (SSSR count). The molecule has 0 spiro atoms. The highest BCUT2D eigenvalue weighted by Crippen LogP contribution is 2.30. The van der Waals surface area contributed by atoms with Crippen LogP contribution in [0.3, 0.4) is 0 Å². The van der Waals surface area contributed by atoms with E-state index in [0.29, 0.717) is 13.0 Å². The summed E-state index contributed by atoms with van der Waals surface area (Å²) in [6.07, 6.45) is 8.22. The van der Waals surface area contributed by atoms with Crippen molar-refractivity contribution in [1.82, 2.24) is 0 Å². The molecule has 1 heterocycles. The van der Waals surface area contributed by atoms with E-state index in [1.165, 1.54) is 32.1 Å². The molecular formula is C12H23FO. The molecule has 0 aromatic heterocycles. The van der Waals surface area contributed by atoms with Gasteiger partial charge >= 0.3 is 0 Å². The maximum absolute atomic E-state index is 13.4. The van der Waals surface area contributed by atoms with Gasteiger partial charge in [-0.25, -0.2) is 4.39 Å². The normalized spacial score (nSPS) is 32.4. The summed E-state index contributed by atoms with van der Waals surface area (Å²) in [7, 11) is 0. The van der Waals surface area contributed by atoms with E-state index >= 15 is 0 Å². The van der Waals surface area contributed by atoms with E-state index < -0.39 is 5.67 Å². The second-order valence-corrected chi connectivity index (χ2v) is 4.75. The third-order valence-electron chi connectivity index (χ3n) is 2.90. The van der Waals surface area contributed by atoms with Gasteiger partial charge in [0.1, 0.15) is 5.67 Å². The number of alkyl halides is 1. The topological polar surface area (TPSA) is 9.23 Å². The average Bonchev–Trinajstić information content (AvgIpc) is 2.45. The Morgan fingerprint density at radius 1 is 1.29 bits per heavy atom. The Bertz CT molecular complexity index is 156. The largest absolute Gasteiger partial charge is 0.375 e. The Hall–Kier alpha value is -0.110. The highest BCUT2D eigenvalue weighted by atomic mass is 19.1. The molecule has 0 N–H and O–H groups in total. The molecule has 0 aromatic carbocycles. The van der Waals surface area contributed by atoms with Crippen LogP contribution in [0.25, 0.3) is 0 Å². The zero-order valence-corrected chi connectivity index (χ0v) is 9.52. The van der Waals surface area contributed by atoms with Gasteiger partial charge in [0.25, 0.3) is 0 Å². The van der Waals surface area contributed by atoms with Gasteiger partial charge < -0.3 is 4.74 Å². The Morgan fingerprint density at radius 3 is 2.57 bits per heavy atom. The minimum Gasteiger partial charge on any atom is -0.375 e. The first kappa shape index (κ1) is 12.0. The standard InChI is InChI=1S/C12H23FO/c1-3-4-5-6-7-8-11-9-12(2,13)10-14-11/h11H,3-10H2,1-2H3/t11?,12-/m0/s1. The van der Waals surface area contributed by atoms with Crippen LogP contribution in [-0.4, -0.2) is 18.4 Å². The molecule has 0 amide bonds. The highest BCUT2D eigenvalue weighted by molar-refractivity contribution is 4.84. The van der Waals surface area contributed by atoms with Crippen LogP contribution >= 0.6 is 0 Å². The van der Waals surface area contributed by atoms with Gasteiger partial charge in [-0.1, -0.05) is 39.0 Å². The van der Waals surface area contributed by atoms with Crippen molar-refractivity contribution in [3.63, 3.8) is 0 Å². The molecule has 84 valence electrons. The molecule has 0 radical (unpaired) electrons. The number of ether oxygens (including phenoxy) is 1. The summed E-state index contributed by atoms with van der Waals surface area (Å²) >= 11 is 0. The zero-order chi connectivity index (χ0) is 10.4. The molecule has 1 aliphatic heterocycles. The summed E-state index contributed by atoms with van der Waals surface area (Å²) in [5, 5.41) is 0. The Morgan fingerprint density at radius 2 is 2.00 bits per heavy atom. The number of unbranched alkanes of at least 4 members (excludes halogenated alkanes) is 4. The molecule has 0 saturated carbocycles. The summed E-state index contributed by atoms with van der Waals surface area (Å²) in [4.78, 5) is 0. The van der Waals surface area contributed by atoms with Crippen LogP contribution in [0.5, 0.6) is 0 Å². The molecule has 1 saturated heterocycles. The lowest BCUT2D eigenvalue weighted by atomic mass is 10.0. The lowest BCUT2D eigenvalue weighted by Gasteiger charge is -2.10. The quantitative estimate of drug-likeness (QED) is 0.594. The lowest BCUT2D eigenvalue weighted by Crippen LogP contribution is -2.17. The predicted molar refractivity (Wildman–Crippen MR) is 57.2 cm³/mol. The molecular weight excluding hydrogens is 179 g/mol. The van der Waals surface area contributed by atoms with Crippen molar-refractivity contribution in [1.29, 1.82) is 0 Å². The minimum absolute atomic E-state index is 0.187. The van der Waals surface area contributed by atoms with Crippen LogP contribution in [0.1, 0.15) is 58.8 Å². The fourth-order valence-corrected chi connectivity index (χ4v) is 2.05. The number of halogens is 1. The Balaban J connectivity index is 1.98. The first-order valence-corrected chi connectivity index (χ1v) is 5.94. The van der Waals surface area contributed by atoms with Crippen LogP contribution in [0.4, 0.5) is 4.39 Å². The van der Waals surface area contributed by atoms with Gasteiger partial charge in [0, 0.05) is 6.42 Å². The van der Waals surface area contributed by atoms with Crippen molar-refractivity contribution in [3.8, 4) is 0 Å². The van der Waals surface area contributed by atoms with Gasteiger partial charge in [-0.05, 0) is 13.3 Å². The van der Waals surface area contributed by atoms with E-state index in [4.69, 9.17) is 4.74 Å². The molecule has 0 bridgehead atoms. The molecule has 2 heteroatoms. The maximum atomic E-state index is 13.4. The molecule has 1 unspecified atom stereocenters. The second-order valence-electron chi connectivity index (χ2n) is 4.75. The van der Waals surface area contributed by atoms with Crippen molar-refractivity contribution >= 4 is 0 Å². The lowest BCUT2D eigenvalue weighted by molar-refractivity contribution is 0.0805. The van der Waals surface area contributed by atoms with Gasteiger partial charge in [0.05, 0.1) is 12.7 Å². The second kappa shape index (κ2) is 5.69. The van der Waals surface area contributed by atoms with Gasteiger partial charge in [0.15, 0.2) is 0 Å². The van der Waals surface area contributed by atoms with E-state index in [2.05, 4.69) is 6.92 Å². The first-order chi connectivity index (χ1) is 6.64. The summed E-state index contributed by atoms with van der Waals surface area (Å²) in [6, 6.07) is 0. The van der Waals surface area contributed by atoms with Crippen molar-refractivity contribution in [3.05, 3.63) is 0 Å². The number of rotatable bonds is 6. The zero-order valence-electron chi connectivity index (χ0n) is 9.52. The van der Waals surface area contributed by atoms with Crippen LogP contribution in [0, 0.1) is 0 Å². The third kappa shape index (κ3) is 4.41. The van der Waals surface area contributed by atoms with E-state index in [9.17, 15) is 4.39 Å². The maximum Gasteiger partial charge on any atom is 0.133 e. The van der Waals surface area contributed by atoms with Crippen molar-refractivity contribution in [2.75, 3.05) is 6.61 Å². The van der Waals surface area contributed by atoms with Gasteiger partial charge in [-0.3, -0.25) is 0 Å². The average molecular weight is 202 g/mol. The number of hydrogen-bond donors (Lipinski definition) is 0. The Labute approximate surface area is 87.0 Å². The van der Waals surface area contributed by atoms with Crippen LogP contribution in [0.15, 0.2) is 0 Å². The fourth-order valence-electron chi connectivity index (χ4n) is 2.05. The summed E-state index contributed by atoms with van der Waals surface area (Å²) in [6.45, 7) is 4.16. The first-order valence-electron chi connectivity index (χ1n) is 5.94. The van der Waals surface area contributed by atoms with Gasteiger partial charge in [0.2, 0.25) is 0 Å². The molecule has 0 aromatic rings. The van der Waals surface area contributed by atoms with E-state index in [-0.39, 0.29) is 6.10 Å². The smallest absolute Gasteiger partial charge is 0.133 e. The predicted octanol–water partition coefficient (Wildman–Crippen LogP) is 3.86. The van der Waals surface area contributed by atoms with Gasteiger partial charge in [-0.2, -0.15) is 0 Å². The summed E-state index contributed by atoms with van der Waals surface area (Å²) in [5.74, 6) is 0. The molecule has 0 aliphatic carbocycles. The molecule has 14 heavy (non-hydrogen) atoms. The monoisotopic (exact) mass is 202 g/mol. The molecule has 1 aliphatic rings. The molecule has 2 atom stereocenters. The van der Waals surface area contributed by atoms with Crippen molar-refractivity contribution in [2.45, 2.75) is 70.6 Å². The van der Waals surface area contributed by atoms with E-state index in [1.807, 2.05) is 0 Å². The summed E-state index contributed by atoms with van der Waals surface area (Å²) < 4.78 is 18.8. The molecule has 1 nitrogen and oxygen atoms in total. The number of hydrogen-bond acceptors (Lipinski definition) is 1. The third-order valence-corrected chi connectivity index (χ3v) is 2.90. The van der Waals surface area contributed by atoms with Crippen LogP contribution in [-0.2, 0) is 4.74 Å². The van der Waals surface area contributed by atoms with Crippen LogP contribution < -0.4 is 0 Å². The van der Waals surface area contributed by atoms with Gasteiger partial charge in [-0.15, -0.1) is 0 Å². The SMILES string of the molecule is CCCCCCCC1C[C@](C)(F)CO1. The van der Waals surface area contributed by atoms with Crippen LogP contribution in [0.2, 0.25) is 0 Å². The Kier molecular flexibility index (Phi) is 4.86. The fraction of sp³-hybridized carbons (Fsp3) is 1.00. The van der Waals surface area contributed by atoms with E-state index in [1.54, 1.807) is 6.92 Å². The molecule has 1 fully saturated rings. The minimum atomic E-state index is -1.06.